The van der Waals surface area contributed by atoms with Gasteiger partial charge in [-0.3, -0.25) is 14.4 Å². The molecule has 3 amide bonds. The molecule has 0 aliphatic carbocycles. The smallest absolute Gasteiger partial charge is 0.265 e. The van der Waals surface area contributed by atoms with Crippen LogP contribution in [0.25, 0.3) is 0 Å². The summed E-state index contributed by atoms with van der Waals surface area (Å²) in [7, 11) is 0. The number of carbonyl (C=O) groups is 3. The molecule has 3 aromatic rings. The molecule has 0 saturated carbocycles. The van der Waals surface area contributed by atoms with Crippen LogP contribution >= 0.6 is 11.8 Å². The highest BCUT2D eigenvalue weighted by Gasteiger charge is 2.24. The Hall–Kier alpha value is -4.25. The van der Waals surface area contributed by atoms with Crippen molar-refractivity contribution >= 4 is 46.5 Å². The van der Waals surface area contributed by atoms with Gasteiger partial charge < -0.3 is 30.2 Å². The summed E-state index contributed by atoms with van der Waals surface area (Å²) in [6.07, 6.45) is 0.974. The Morgan fingerprint density at radius 1 is 1.06 bits per heavy atom. The van der Waals surface area contributed by atoms with Gasteiger partial charge in [0.25, 0.3) is 11.8 Å². The lowest BCUT2D eigenvalue weighted by atomic mass is 10.2. The lowest BCUT2D eigenvalue weighted by Gasteiger charge is -2.23. The second-order valence-corrected chi connectivity index (χ2v) is 8.64. The van der Waals surface area contributed by atoms with Crippen LogP contribution in [0.4, 0.5) is 17.1 Å². The van der Waals surface area contributed by atoms with Gasteiger partial charge in [-0.05, 0) is 49.4 Å². The summed E-state index contributed by atoms with van der Waals surface area (Å²) in [5.41, 5.74) is 1.86. The van der Waals surface area contributed by atoms with Gasteiger partial charge in [-0.15, -0.1) is 0 Å². The van der Waals surface area contributed by atoms with E-state index in [0.29, 0.717) is 44.9 Å². The second-order valence-electron chi connectivity index (χ2n) is 7.68. The Kier molecular flexibility index (Phi) is 6.15. The van der Waals surface area contributed by atoms with Crippen LogP contribution in [0, 0.1) is 0 Å². The highest BCUT2D eigenvalue weighted by molar-refractivity contribution is 8.00. The summed E-state index contributed by atoms with van der Waals surface area (Å²) < 4.78 is 16.1. The first-order valence-corrected chi connectivity index (χ1v) is 11.6. The van der Waals surface area contributed by atoms with Crippen molar-refractivity contribution in [2.45, 2.75) is 18.1 Å². The maximum atomic E-state index is 13.0. The average molecular weight is 493 g/mol. The largest absolute Gasteiger partial charge is 0.479 e. The third-order valence-corrected chi connectivity index (χ3v) is 6.19. The second kappa shape index (κ2) is 9.55. The summed E-state index contributed by atoms with van der Waals surface area (Å²) in [5, 5.41) is 8.76. The van der Waals surface area contributed by atoms with Gasteiger partial charge in [0.1, 0.15) is 10.8 Å². The number of anilines is 3. The van der Waals surface area contributed by atoms with E-state index in [-0.39, 0.29) is 24.4 Å². The van der Waals surface area contributed by atoms with Crippen molar-refractivity contribution in [3.63, 3.8) is 0 Å². The van der Waals surface area contributed by atoms with E-state index in [1.54, 1.807) is 61.7 Å². The van der Waals surface area contributed by atoms with Crippen LogP contribution in [0.3, 0.4) is 0 Å². The van der Waals surface area contributed by atoms with Gasteiger partial charge in [-0.1, -0.05) is 11.8 Å². The molecular formula is C24H20N4O6S. The third-order valence-electron chi connectivity index (χ3n) is 5.18. The van der Waals surface area contributed by atoms with Crippen LogP contribution in [0.15, 0.2) is 59.8 Å². The van der Waals surface area contributed by atoms with Crippen molar-refractivity contribution < 1.29 is 28.6 Å². The summed E-state index contributed by atoms with van der Waals surface area (Å²) in [5.74, 6) is 0.865. The zero-order valence-corrected chi connectivity index (χ0v) is 19.3. The molecule has 2 aliphatic rings. The van der Waals surface area contributed by atoms with Crippen molar-refractivity contribution in [3.8, 4) is 17.2 Å². The van der Waals surface area contributed by atoms with E-state index >= 15 is 0 Å². The van der Waals surface area contributed by atoms with Crippen LogP contribution in [0.5, 0.6) is 17.2 Å². The molecule has 178 valence electrons. The van der Waals surface area contributed by atoms with Gasteiger partial charge in [-0.2, -0.15) is 0 Å². The number of aromatic nitrogens is 1. The number of amides is 3. The Labute approximate surface area is 204 Å². The highest BCUT2D eigenvalue weighted by atomic mass is 32.2. The number of benzene rings is 2. The van der Waals surface area contributed by atoms with Gasteiger partial charge in [-0.25, -0.2) is 4.98 Å². The zero-order chi connectivity index (χ0) is 24.4. The molecule has 3 heterocycles. The molecule has 0 fully saturated rings. The standard InChI is InChI=1S/C24H20N4O6S/c1-13-22(30)28-17-9-14(4-6-18(17)34-13)27-23(31)16-3-2-8-25-24(16)35-11-21(29)26-15-5-7-19-20(10-15)33-12-32-19/h2-10,13H,11-12H2,1H3,(H,26,29)(H,27,31)(H,28,30)/t13-/m0/s1. The lowest BCUT2D eigenvalue weighted by molar-refractivity contribution is -0.122. The number of hydrogen-bond acceptors (Lipinski definition) is 8. The predicted molar refractivity (Wildman–Crippen MR) is 129 cm³/mol. The van der Waals surface area contributed by atoms with Gasteiger partial charge in [0.15, 0.2) is 17.6 Å². The molecule has 5 rings (SSSR count). The Balaban J connectivity index is 1.23. The van der Waals surface area contributed by atoms with E-state index in [0.717, 1.165) is 11.8 Å². The first kappa shape index (κ1) is 22.5. The number of nitrogens with one attached hydrogen (secondary N) is 3. The van der Waals surface area contributed by atoms with Crippen LogP contribution in [-0.2, 0) is 9.59 Å². The summed E-state index contributed by atoms with van der Waals surface area (Å²) in [6.45, 7) is 1.81. The van der Waals surface area contributed by atoms with Crippen LogP contribution < -0.4 is 30.2 Å². The number of ether oxygens (including phenoxy) is 3. The van der Waals surface area contributed by atoms with Crippen molar-refractivity contribution in [2.24, 2.45) is 0 Å². The molecule has 2 aromatic carbocycles. The van der Waals surface area contributed by atoms with Gasteiger partial charge in [0.2, 0.25) is 12.7 Å². The first-order chi connectivity index (χ1) is 17.0. The topological polar surface area (TPSA) is 128 Å². The van der Waals surface area contributed by atoms with Crippen molar-refractivity contribution in [2.75, 3.05) is 28.5 Å². The van der Waals surface area contributed by atoms with E-state index in [4.69, 9.17) is 14.2 Å². The fourth-order valence-electron chi connectivity index (χ4n) is 3.47. The minimum absolute atomic E-state index is 0.0478. The van der Waals surface area contributed by atoms with E-state index in [9.17, 15) is 14.4 Å². The molecule has 0 bridgehead atoms. The SMILES string of the molecule is C[C@@H]1Oc2ccc(NC(=O)c3cccnc3SCC(=O)Nc3ccc4c(c3)OCO4)cc2NC1=O. The number of pyridine rings is 1. The quantitative estimate of drug-likeness (QED) is 0.446. The molecule has 11 heteroatoms. The van der Waals surface area contributed by atoms with Crippen molar-refractivity contribution in [1.29, 1.82) is 0 Å². The molecule has 0 radical (unpaired) electrons. The molecule has 0 saturated heterocycles. The normalized spacial score (nSPS) is 15.5. The van der Waals surface area contributed by atoms with Crippen LogP contribution in [0.2, 0.25) is 0 Å². The number of hydrogen-bond donors (Lipinski definition) is 3. The van der Waals surface area contributed by atoms with E-state index < -0.39 is 12.0 Å². The monoisotopic (exact) mass is 492 g/mol. The Morgan fingerprint density at radius 2 is 1.83 bits per heavy atom. The molecule has 2 aliphatic heterocycles. The molecule has 1 aromatic heterocycles. The van der Waals surface area contributed by atoms with Crippen LogP contribution in [0.1, 0.15) is 17.3 Å². The van der Waals surface area contributed by atoms with E-state index in [1.165, 1.54) is 0 Å². The number of fused-ring (bicyclic) bond motifs is 2. The molecular weight excluding hydrogens is 472 g/mol. The van der Waals surface area contributed by atoms with Crippen LogP contribution in [-0.4, -0.2) is 41.4 Å². The van der Waals surface area contributed by atoms with E-state index in [2.05, 4.69) is 20.9 Å². The fraction of sp³-hybridized carbons (Fsp3) is 0.167. The molecule has 0 unspecified atom stereocenters. The van der Waals surface area contributed by atoms with Gasteiger partial charge >= 0.3 is 0 Å². The molecule has 10 nitrogen and oxygen atoms in total. The van der Waals surface area contributed by atoms with Crippen molar-refractivity contribution in [3.05, 3.63) is 60.3 Å². The minimum Gasteiger partial charge on any atom is -0.479 e. The third kappa shape index (κ3) is 4.99. The zero-order valence-electron chi connectivity index (χ0n) is 18.5. The molecule has 1 atom stereocenters. The maximum Gasteiger partial charge on any atom is 0.265 e. The number of rotatable bonds is 6. The lowest BCUT2D eigenvalue weighted by Crippen LogP contribution is -2.34. The number of nitrogens with zero attached hydrogens (tertiary/aromatic N) is 1. The predicted octanol–water partition coefficient (Wildman–Crippen LogP) is 3.51. The number of thioether (sulfide) groups is 1. The maximum absolute atomic E-state index is 13.0. The summed E-state index contributed by atoms with van der Waals surface area (Å²) in [4.78, 5) is 41.6. The minimum atomic E-state index is -0.583. The summed E-state index contributed by atoms with van der Waals surface area (Å²) in [6, 6.07) is 13.4. The van der Waals surface area contributed by atoms with E-state index in [1.807, 2.05) is 0 Å². The highest BCUT2D eigenvalue weighted by Crippen LogP contribution is 2.35. The van der Waals surface area contributed by atoms with Gasteiger partial charge in [0.05, 0.1) is 17.0 Å². The Bertz CT molecular complexity index is 1330. The number of carbonyl (C=O) groups excluding carboxylic acids is 3. The molecule has 35 heavy (non-hydrogen) atoms. The first-order valence-electron chi connectivity index (χ1n) is 10.7. The fourth-order valence-corrected chi connectivity index (χ4v) is 4.26. The van der Waals surface area contributed by atoms with Crippen molar-refractivity contribution in [1.82, 2.24) is 4.98 Å². The Morgan fingerprint density at radius 3 is 2.69 bits per heavy atom. The average Bonchev–Trinajstić information content (AvgIpc) is 3.32. The molecule has 3 N–H and O–H groups in total. The summed E-state index contributed by atoms with van der Waals surface area (Å²) >= 11 is 1.15. The van der Waals surface area contributed by atoms with Gasteiger partial charge in [0, 0.05) is 23.6 Å². The molecule has 0 spiro atoms.